The third kappa shape index (κ3) is 4.68. The van der Waals surface area contributed by atoms with E-state index in [9.17, 15) is 32.3 Å². The summed E-state index contributed by atoms with van der Waals surface area (Å²) in [5.41, 5.74) is -1.34. The first-order valence-electron chi connectivity index (χ1n) is 11.1. The van der Waals surface area contributed by atoms with Crippen LogP contribution in [0.5, 0.6) is 5.75 Å². The predicted molar refractivity (Wildman–Crippen MR) is 125 cm³/mol. The Morgan fingerprint density at radius 1 is 1.00 bits per heavy atom. The maximum atomic E-state index is 14.9. The Kier molecular flexibility index (Phi) is 6.83. The van der Waals surface area contributed by atoms with Crippen molar-refractivity contribution in [1.29, 1.82) is 0 Å². The van der Waals surface area contributed by atoms with Gasteiger partial charge < -0.3 is 9.84 Å². The second kappa shape index (κ2) is 9.85. The van der Waals surface area contributed by atoms with E-state index in [1.807, 2.05) is 6.92 Å². The van der Waals surface area contributed by atoms with Crippen LogP contribution >= 0.6 is 0 Å². The number of anilines is 1. The van der Waals surface area contributed by atoms with Crippen LogP contribution in [0.1, 0.15) is 36.1 Å². The number of carbonyl (C=O) groups is 2. The summed E-state index contributed by atoms with van der Waals surface area (Å²) in [5, 5.41) is 11.1. The summed E-state index contributed by atoms with van der Waals surface area (Å²) in [6.45, 7) is 2.33. The molecule has 9 heteroatoms. The van der Waals surface area contributed by atoms with E-state index in [-0.39, 0.29) is 16.8 Å². The van der Waals surface area contributed by atoms with E-state index in [1.165, 1.54) is 30.3 Å². The van der Waals surface area contributed by atoms with Gasteiger partial charge in [-0.15, -0.1) is 0 Å². The minimum absolute atomic E-state index is 0.0579. The predicted octanol–water partition coefficient (Wildman–Crippen LogP) is 6.26. The van der Waals surface area contributed by atoms with Crippen LogP contribution in [-0.2, 0) is 15.8 Å². The first-order chi connectivity index (χ1) is 17.1. The molecule has 1 atom stereocenters. The van der Waals surface area contributed by atoms with Crippen molar-refractivity contribution in [1.82, 2.24) is 0 Å². The van der Waals surface area contributed by atoms with Crippen molar-refractivity contribution in [3.63, 3.8) is 0 Å². The van der Waals surface area contributed by atoms with E-state index < -0.39 is 46.6 Å². The number of aliphatic hydroxyl groups excluding tert-OH is 1. The normalized spacial score (nSPS) is 17.5. The van der Waals surface area contributed by atoms with Gasteiger partial charge in [-0.2, -0.15) is 13.2 Å². The van der Waals surface area contributed by atoms with Gasteiger partial charge in [0.25, 0.3) is 11.7 Å². The highest BCUT2D eigenvalue weighted by Gasteiger charge is 2.48. The number of ether oxygens (including phenoxy) is 1. The van der Waals surface area contributed by atoms with Gasteiger partial charge in [-0.05, 0) is 48.9 Å². The van der Waals surface area contributed by atoms with Crippen molar-refractivity contribution in [2.75, 3.05) is 11.5 Å². The second-order valence-corrected chi connectivity index (χ2v) is 8.11. The molecule has 0 aliphatic carbocycles. The molecule has 1 aliphatic rings. The fraction of sp³-hybridized carbons (Fsp3) is 0.185. The van der Waals surface area contributed by atoms with Crippen molar-refractivity contribution in [3.05, 3.63) is 101 Å². The van der Waals surface area contributed by atoms with Crippen LogP contribution in [0.25, 0.3) is 5.76 Å². The molecule has 1 heterocycles. The fourth-order valence-corrected chi connectivity index (χ4v) is 4.01. The van der Waals surface area contributed by atoms with Crippen LogP contribution in [0.15, 0.2) is 78.4 Å². The molecule has 3 aromatic carbocycles. The van der Waals surface area contributed by atoms with Crippen molar-refractivity contribution < 1.29 is 37.0 Å². The number of hydrogen-bond donors (Lipinski definition) is 1. The summed E-state index contributed by atoms with van der Waals surface area (Å²) >= 11 is 0. The van der Waals surface area contributed by atoms with Gasteiger partial charge in [0.05, 0.1) is 23.8 Å². The first kappa shape index (κ1) is 25.0. The smallest absolute Gasteiger partial charge is 0.416 e. The average Bonchev–Trinajstić information content (AvgIpc) is 3.12. The molecule has 1 fully saturated rings. The number of ketones is 1. The van der Waals surface area contributed by atoms with Crippen molar-refractivity contribution in [2.24, 2.45) is 0 Å². The molecule has 4 rings (SSSR count). The zero-order chi connectivity index (χ0) is 26.0. The fourth-order valence-electron chi connectivity index (χ4n) is 4.01. The molecule has 0 aromatic heterocycles. The summed E-state index contributed by atoms with van der Waals surface area (Å²) in [6.07, 6.45) is -3.87. The Morgan fingerprint density at radius 2 is 1.69 bits per heavy atom. The minimum atomic E-state index is -4.61. The zero-order valence-electron chi connectivity index (χ0n) is 19.1. The van der Waals surface area contributed by atoms with Gasteiger partial charge in [0.2, 0.25) is 0 Å². The Hall–Kier alpha value is -4.14. The Morgan fingerprint density at radius 3 is 2.33 bits per heavy atom. The Bertz CT molecular complexity index is 1330. The van der Waals surface area contributed by atoms with Gasteiger partial charge in [-0.25, -0.2) is 4.39 Å². The number of benzene rings is 3. The molecule has 1 N–H and O–H groups in total. The lowest BCUT2D eigenvalue weighted by atomic mass is 9.94. The standard InChI is InChI=1S/C27H21F4NO4/c1-2-14-36-19-7-5-6-16(15-19)24(33)22-23(20-8-3-4-9-21(20)28)32(26(35)25(22)34)18-12-10-17(11-13-18)27(29,30)31/h3-13,15,23,33H,2,14H2,1H3/b24-22+. The highest BCUT2D eigenvalue weighted by molar-refractivity contribution is 6.51. The molecule has 0 saturated carbocycles. The number of aliphatic hydroxyl groups is 1. The topological polar surface area (TPSA) is 66.8 Å². The summed E-state index contributed by atoms with van der Waals surface area (Å²) in [7, 11) is 0. The molecule has 5 nitrogen and oxygen atoms in total. The van der Waals surface area contributed by atoms with E-state index in [0.29, 0.717) is 12.4 Å². The lowest BCUT2D eigenvalue weighted by Gasteiger charge is -2.26. The van der Waals surface area contributed by atoms with E-state index in [2.05, 4.69) is 0 Å². The SMILES string of the molecule is CCCOc1cccc(/C(O)=C2\C(=O)C(=O)N(c3ccc(C(F)(F)F)cc3)C2c2ccccc2F)c1. The zero-order valence-corrected chi connectivity index (χ0v) is 19.1. The molecule has 1 saturated heterocycles. The number of alkyl halides is 3. The first-order valence-corrected chi connectivity index (χ1v) is 11.1. The number of rotatable bonds is 6. The molecular formula is C27H21F4NO4. The number of hydrogen-bond acceptors (Lipinski definition) is 4. The second-order valence-electron chi connectivity index (χ2n) is 8.11. The summed E-state index contributed by atoms with van der Waals surface area (Å²) < 4.78 is 59.7. The average molecular weight is 499 g/mol. The quantitative estimate of drug-likeness (QED) is 0.188. The molecular weight excluding hydrogens is 478 g/mol. The monoisotopic (exact) mass is 499 g/mol. The van der Waals surface area contributed by atoms with Gasteiger partial charge in [0, 0.05) is 16.8 Å². The van der Waals surface area contributed by atoms with Crippen LogP contribution in [0.4, 0.5) is 23.2 Å². The van der Waals surface area contributed by atoms with Crippen LogP contribution in [0, 0.1) is 5.82 Å². The number of nitrogens with zero attached hydrogens (tertiary/aromatic N) is 1. The molecule has 3 aromatic rings. The van der Waals surface area contributed by atoms with Crippen LogP contribution < -0.4 is 9.64 Å². The third-order valence-electron chi connectivity index (χ3n) is 5.70. The van der Waals surface area contributed by atoms with Crippen molar-refractivity contribution in [2.45, 2.75) is 25.6 Å². The van der Waals surface area contributed by atoms with Gasteiger partial charge in [-0.1, -0.05) is 37.3 Å². The lowest BCUT2D eigenvalue weighted by molar-refractivity contribution is -0.137. The maximum Gasteiger partial charge on any atom is 0.416 e. The molecule has 0 bridgehead atoms. The molecule has 1 aliphatic heterocycles. The molecule has 186 valence electrons. The molecule has 1 amide bonds. The molecule has 1 unspecified atom stereocenters. The largest absolute Gasteiger partial charge is 0.507 e. The molecule has 0 radical (unpaired) electrons. The third-order valence-corrected chi connectivity index (χ3v) is 5.70. The van der Waals surface area contributed by atoms with E-state index in [4.69, 9.17) is 4.74 Å². The molecule has 0 spiro atoms. The van der Waals surface area contributed by atoms with Gasteiger partial charge >= 0.3 is 6.18 Å². The van der Waals surface area contributed by atoms with E-state index in [0.717, 1.165) is 41.7 Å². The maximum absolute atomic E-state index is 14.9. The highest BCUT2D eigenvalue weighted by atomic mass is 19.4. The Labute approximate surface area is 204 Å². The number of halogens is 4. The van der Waals surface area contributed by atoms with Gasteiger partial charge in [0.1, 0.15) is 17.3 Å². The number of Topliss-reactive ketones (excluding diaryl/α,β-unsaturated/α-hetero) is 1. The van der Waals surface area contributed by atoms with Crippen molar-refractivity contribution in [3.8, 4) is 5.75 Å². The molecule has 36 heavy (non-hydrogen) atoms. The van der Waals surface area contributed by atoms with E-state index in [1.54, 1.807) is 12.1 Å². The highest BCUT2D eigenvalue weighted by Crippen LogP contribution is 2.43. The van der Waals surface area contributed by atoms with Gasteiger partial charge in [0.15, 0.2) is 0 Å². The van der Waals surface area contributed by atoms with Crippen LogP contribution in [-0.4, -0.2) is 23.4 Å². The summed E-state index contributed by atoms with van der Waals surface area (Å²) in [6, 6.07) is 13.8. The van der Waals surface area contributed by atoms with Gasteiger partial charge in [-0.3, -0.25) is 14.5 Å². The Balaban J connectivity index is 1.88. The minimum Gasteiger partial charge on any atom is -0.507 e. The lowest BCUT2D eigenvalue weighted by Crippen LogP contribution is -2.30. The van der Waals surface area contributed by atoms with E-state index >= 15 is 0 Å². The van der Waals surface area contributed by atoms with Crippen molar-refractivity contribution >= 4 is 23.1 Å². The van der Waals surface area contributed by atoms with Crippen LogP contribution in [0.3, 0.4) is 0 Å². The summed E-state index contributed by atoms with van der Waals surface area (Å²) in [5.74, 6) is -3.10. The summed E-state index contributed by atoms with van der Waals surface area (Å²) in [4.78, 5) is 27.1. The van der Waals surface area contributed by atoms with Crippen LogP contribution in [0.2, 0.25) is 0 Å². The number of amides is 1. The number of carbonyl (C=O) groups excluding carboxylic acids is 2.